The molecule has 1 saturated heterocycles. The number of aromatic carboxylic acids is 1. The minimum Gasteiger partial charge on any atom is -0.478 e. The van der Waals surface area contributed by atoms with Crippen LogP contribution in [-0.2, 0) is 0 Å². The van der Waals surface area contributed by atoms with Gasteiger partial charge in [-0.25, -0.2) is 9.18 Å². The summed E-state index contributed by atoms with van der Waals surface area (Å²) in [6, 6.07) is 3.40. The first-order chi connectivity index (χ1) is 8.99. The van der Waals surface area contributed by atoms with Gasteiger partial charge in [0.25, 0.3) is 5.91 Å². The van der Waals surface area contributed by atoms with Crippen molar-refractivity contribution in [3.63, 3.8) is 0 Å². The van der Waals surface area contributed by atoms with Crippen molar-refractivity contribution in [3.05, 3.63) is 35.1 Å². The van der Waals surface area contributed by atoms with Gasteiger partial charge in [-0.15, -0.1) is 0 Å². The van der Waals surface area contributed by atoms with Gasteiger partial charge in [-0.1, -0.05) is 6.92 Å². The summed E-state index contributed by atoms with van der Waals surface area (Å²) in [7, 11) is 0. The number of carbonyl (C=O) groups is 2. The summed E-state index contributed by atoms with van der Waals surface area (Å²) in [4.78, 5) is 24.5. The number of halogens is 1. The summed E-state index contributed by atoms with van der Waals surface area (Å²) in [5.74, 6) is -1.75. The van der Waals surface area contributed by atoms with Crippen molar-refractivity contribution in [2.24, 2.45) is 5.92 Å². The number of carboxylic acid groups (broad SMARTS) is 1. The SMILES string of the molecule is CC1CCN(C(=O)c2ccc(C(=O)O)cc2F)CC1. The average Bonchev–Trinajstić information content (AvgIpc) is 2.38. The van der Waals surface area contributed by atoms with Crippen molar-refractivity contribution >= 4 is 11.9 Å². The van der Waals surface area contributed by atoms with E-state index in [1.807, 2.05) is 0 Å². The molecule has 1 aromatic carbocycles. The zero-order valence-electron chi connectivity index (χ0n) is 10.7. The maximum Gasteiger partial charge on any atom is 0.335 e. The molecule has 0 radical (unpaired) electrons. The van der Waals surface area contributed by atoms with Crippen LogP contribution in [0.1, 0.15) is 40.5 Å². The topological polar surface area (TPSA) is 57.6 Å². The lowest BCUT2D eigenvalue weighted by Gasteiger charge is -2.30. The average molecular weight is 265 g/mol. The third kappa shape index (κ3) is 2.92. The number of rotatable bonds is 2. The second-order valence-corrected chi connectivity index (χ2v) is 4.97. The first-order valence-electron chi connectivity index (χ1n) is 6.31. The molecule has 1 aliphatic heterocycles. The van der Waals surface area contributed by atoms with Gasteiger partial charge in [0.1, 0.15) is 5.82 Å². The lowest BCUT2D eigenvalue weighted by atomic mass is 9.98. The predicted octanol–water partition coefficient (Wildman–Crippen LogP) is 2.40. The van der Waals surface area contributed by atoms with Gasteiger partial charge in [0.15, 0.2) is 0 Å². The molecule has 0 bridgehead atoms. The number of likely N-dealkylation sites (tertiary alicyclic amines) is 1. The van der Waals surface area contributed by atoms with Crippen LogP contribution in [0.2, 0.25) is 0 Å². The third-order valence-corrected chi connectivity index (χ3v) is 3.52. The van der Waals surface area contributed by atoms with Gasteiger partial charge in [0, 0.05) is 13.1 Å². The molecule has 5 heteroatoms. The predicted molar refractivity (Wildman–Crippen MR) is 67.7 cm³/mol. The van der Waals surface area contributed by atoms with Crippen LogP contribution in [-0.4, -0.2) is 35.0 Å². The Morgan fingerprint density at radius 3 is 2.47 bits per heavy atom. The monoisotopic (exact) mass is 265 g/mol. The smallest absolute Gasteiger partial charge is 0.335 e. The Morgan fingerprint density at radius 1 is 1.32 bits per heavy atom. The molecule has 4 nitrogen and oxygen atoms in total. The van der Waals surface area contributed by atoms with Crippen molar-refractivity contribution < 1.29 is 19.1 Å². The van der Waals surface area contributed by atoms with Gasteiger partial charge in [0.05, 0.1) is 11.1 Å². The summed E-state index contributed by atoms with van der Waals surface area (Å²) in [5, 5.41) is 8.75. The summed E-state index contributed by atoms with van der Waals surface area (Å²) in [6.07, 6.45) is 1.83. The molecule has 0 spiro atoms. The summed E-state index contributed by atoms with van der Waals surface area (Å²) in [6.45, 7) is 3.38. The fraction of sp³-hybridized carbons (Fsp3) is 0.429. The van der Waals surface area contributed by atoms with E-state index in [4.69, 9.17) is 5.11 Å². The molecular formula is C14H16FNO3. The van der Waals surface area contributed by atoms with Crippen molar-refractivity contribution in [1.82, 2.24) is 4.90 Å². The van der Waals surface area contributed by atoms with Crippen LogP contribution in [0.15, 0.2) is 18.2 Å². The van der Waals surface area contributed by atoms with E-state index in [0.29, 0.717) is 19.0 Å². The fourth-order valence-corrected chi connectivity index (χ4v) is 2.20. The van der Waals surface area contributed by atoms with Gasteiger partial charge >= 0.3 is 5.97 Å². The maximum absolute atomic E-state index is 13.8. The van der Waals surface area contributed by atoms with Crippen LogP contribution in [0.25, 0.3) is 0 Å². The molecular weight excluding hydrogens is 249 g/mol. The Morgan fingerprint density at radius 2 is 1.95 bits per heavy atom. The minimum absolute atomic E-state index is 0.0560. The number of hydrogen-bond acceptors (Lipinski definition) is 2. The normalized spacial score (nSPS) is 16.4. The third-order valence-electron chi connectivity index (χ3n) is 3.52. The molecule has 0 saturated carbocycles. The Hall–Kier alpha value is -1.91. The zero-order chi connectivity index (χ0) is 14.0. The van der Waals surface area contributed by atoms with E-state index in [1.54, 1.807) is 4.90 Å². The molecule has 0 atom stereocenters. The van der Waals surface area contributed by atoms with Crippen LogP contribution < -0.4 is 0 Å². The molecule has 1 fully saturated rings. The van der Waals surface area contributed by atoms with Gasteiger partial charge in [-0.2, -0.15) is 0 Å². The van der Waals surface area contributed by atoms with E-state index in [9.17, 15) is 14.0 Å². The van der Waals surface area contributed by atoms with Crippen LogP contribution in [0.5, 0.6) is 0 Å². The molecule has 102 valence electrons. The summed E-state index contributed by atoms with van der Waals surface area (Å²) in [5.41, 5.74) is -0.208. The Bertz CT molecular complexity index is 507. The molecule has 1 aliphatic rings. The Kier molecular flexibility index (Phi) is 3.83. The quantitative estimate of drug-likeness (QED) is 0.893. The lowest BCUT2D eigenvalue weighted by molar-refractivity contribution is 0.0679. The van der Waals surface area contributed by atoms with E-state index >= 15 is 0 Å². The van der Waals surface area contributed by atoms with Gasteiger partial charge in [-0.3, -0.25) is 4.79 Å². The molecule has 1 amide bonds. The lowest BCUT2D eigenvalue weighted by Crippen LogP contribution is -2.38. The highest BCUT2D eigenvalue weighted by atomic mass is 19.1. The van der Waals surface area contributed by atoms with E-state index in [-0.39, 0.29) is 17.0 Å². The van der Waals surface area contributed by atoms with Crippen LogP contribution in [0.4, 0.5) is 4.39 Å². The van der Waals surface area contributed by atoms with E-state index in [2.05, 4.69) is 6.92 Å². The number of carbonyl (C=O) groups excluding carboxylic acids is 1. The molecule has 1 aromatic rings. The second kappa shape index (κ2) is 5.38. The summed E-state index contributed by atoms with van der Waals surface area (Å²) < 4.78 is 13.8. The highest BCUT2D eigenvalue weighted by Gasteiger charge is 2.23. The highest BCUT2D eigenvalue weighted by Crippen LogP contribution is 2.20. The van der Waals surface area contributed by atoms with Crippen molar-refractivity contribution in [2.75, 3.05) is 13.1 Å². The van der Waals surface area contributed by atoms with Gasteiger partial charge in [-0.05, 0) is 37.0 Å². The highest BCUT2D eigenvalue weighted by molar-refractivity contribution is 5.96. The molecule has 0 aliphatic carbocycles. The number of nitrogens with zero attached hydrogens (tertiary/aromatic N) is 1. The van der Waals surface area contributed by atoms with E-state index in [0.717, 1.165) is 18.9 Å². The summed E-state index contributed by atoms with van der Waals surface area (Å²) >= 11 is 0. The van der Waals surface area contributed by atoms with Crippen LogP contribution in [0, 0.1) is 11.7 Å². The van der Waals surface area contributed by atoms with Crippen molar-refractivity contribution in [2.45, 2.75) is 19.8 Å². The largest absolute Gasteiger partial charge is 0.478 e. The standard InChI is InChI=1S/C14H16FNO3/c1-9-4-6-16(7-5-9)13(17)11-3-2-10(14(18)19)8-12(11)15/h2-3,8-9H,4-7H2,1H3,(H,18,19). The number of hydrogen-bond donors (Lipinski definition) is 1. The molecule has 0 unspecified atom stereocenters. The molecule has 2 rings (SSSR count). The maximum atomic E-state index is 13.8. The Balaban J connectivity index is 2.17. The van der Waals surface area contributed by atoms with E-state index in [1.165, 1.54) is 12.1 Å². The zero-order valence-corrected chi connectivity index (χ0v) is 10.7. The minimum atomic E-state index is -1.20. The first-order valence-corrected chi connectivity index (χ1v) is 6.31. The first kappa shape index (κ1) is 13.5. The van der Waals surface area contributed by atoms with Crippen LogP contribution in [0.3, 0.4) is 0 Å². The molecule has 1 N–H and O–H groups in total. The second-order valence-electron chi connectivity index (χ2n) is 4.97. The number of amides is 1. The van der Waals surface area contributed by atoms with Gasteiger partial charge < -0.3 is 10.0 Å². The Labute approximate surface area is 110 Å². The van der Waals surface area contributed by atoms with Crippen LogP contribution >= 0.6 is 0 Å². The van der Waals surface area contributed by atoms with Crippen molar-refractivity contribution in [1.29, 1.82) is 0 Å². The molecule has 1 heterocycles. The number of carboxylic acids is 1. The fourth-order valence-electron chi connectivity index (χ4n) is 2.20. The van der Waals surface area contributed by atoms with Crippen molar-refractivity contribution in [3.8, 4) is 0 Å². The van der Waals surface area contributed by atoms with E-state index < -0.39 is 11.8 Å². The molecule has 19 heavy (non-hydrogen) atoms. The molecule has 0 aromatic heterocycles. The number of piperidine rings is 1. The number of benzene rings is 1. The van der Waals surface area contributed by atoms with Gasteiger partial charge in [0.2, 0.25) is 0 Å².